The monoisotopic (exact) mass is 395 g/mol. The fraction of sp³-hybridized carbons (Fsp3) is 0.235. The molecule has 2 aromatic heterocycles. The summed E-state index contributed by atoms with van der Waals surface area (Å²) in [6.07, 6.45) is 0.237. The second kappa shape index (κ2) is 7.39. The third kappa shape index (κ3) is 4.45. The van der Waals surface area contributed by atoms with Crippen LogP contribution in [0.15, 0.2) is 42.9 Å². The van der Waals surface area contributed by atoms with Gasteiger partial charge in [-0.2, -0.15) is 18.3 Å². The SMILES string of the molecule is Cc1ncc(CN(C)C(=O)Nc2cc(C(F)(F)F)ccc2-n2cccn2)s1. The summed E-state index contributed by atoms with van der Waals surface area (Å²) in [4.78, 5) is 18.9. The summed E-state index contributed by atoms with van der Waals surface area (Å²) >= 11 is 1.45. The number of thiazole rings is 1. The highest BCUT2D eigenvalue weighted by molar-refractivity contribution is 7.11. The van der Waals surface area contributed by atoms with Gasteiger partial charge >= 0.3 is 12.2 Å². The number of amides is 2. The molecule has 2 heterocycles. The van der Waals surface area contributed by atoms with E-state index in [0.717, 1.165) is 22.0 Å². The highest BCUT2D eigenvalue weighted by Gasteiger charge is 2.31. The molecule has 3 aromatic rings. The summed E-state index contributed by atoms with van der Waals surface area (Å²) in [5.41, 5.74) is -0.497. The minimum Gasteiger partial charge on any atom is -0.322 e. The fourth-order valence-corrected chi connectivity index (χ4v) is 3.27. The summed E-state index contributed by atoms with van der Waals surface area (Å²) in [5.74, 6) is 0. The number of benzene rings is 1. The fourth-order valence-electron chi connectivity index (χ4n) is 2.42. The Bertz CT molecular complexity index is 936. The second-order valence-electron chi connectivity index (χ2n) is 5.81. The van der Waals surface area contributed by atoms with Gasteiger partial charge in [0.1, 0.15) is 0 Å². The molecule has 27 heavy (non-hydrogen) atoms. The average Bonchev–Trinajstić information content (AvgIpc) is 3.26. The van der Waals surface area contributed by atoms with Crippen LogP contribution >= 0.6 is 11.3 Å². The van der Waals surface area contributed by atoms with Gasteiger partial charge in [0, 0.05) is 30.5 Å². The van der Waals surface area contributed by atoms with Crippen LogP contribution < -0.4 is 5.32 Å². The molecule has 0 spiro atoms. The number of anilines is 1. The van der Waals surface area contributed by atoms with Crippen molar-refractivity contribution in [2.75, 3.05) is 12.4 Å². The van der Waals surface area contributed by atoms with Crippen LogP contribution in [0, 0.1) is 6.92 Å². The van der Waals surface area contributed by atoms with Gasteiger partial charge in [-0.15, -0.1) is 11.3 Å². The molecule has 0 aliphatic carbocycles. The molecule has 1 N–H and O–H groups in total. The number of nitrogens with zero attached hydrogens (tertiary/aromatic N) is 4. The van der Waals surface area contributed by atoms with Crippen molar-refractivity contribution in [3.63, 3.8) is 0 Å². The van der Waals surface area contributed by atoms with E-state index in [0.29, 0.717) is 12.2 Å². The maximum Gasteiger partial charge on any atom is 0.416 e. The van der Waals surface area contributed by atoms with E-state index in [1.165, 1.54) is 33.2 Å². The lowest BCUT2D eigenvalue weighted by molar-refractivity contribution is -0.137. The summed E-state index contributed by atoms with van der Waals surface area (Å²) in [6.45, 7) is 2.15. The van der Waals surface area contributed by atoms with E-state index in [4.69, 9.17) is 0 Å². The molecule has 0 aliphatic rings. The Morgan fingerprint density at radius 3 is 2.74 bits per heavy atom. The summed E-state index contributed by atoms with van der Waals surface area (Å²) in [6, 6.07) is 4.24. The number of rotatable bonds is 4. The molecule has 0 saturated carbocycles. The molecule has 1 aromatic carbocycles. The van der Waals surface area contributed by atoms with Crippen LogP contribution in [0.5, 0.6) is 0 Å². The molecule has 0 unspecified atom stereocenters. The topological polar surface area (TPSA) is 63.1 Å². The van der Waals surface area contributed by atoms with Gasteiger partial charge in [-0.3, -0.25) is 0 Å². The summed E-state index contributed by atoms with van der Waals surface area (Å²) in [5, 5.41) is 7.45. The lowest BCUT2D eigenvalue weighted by atomic mass is 10.1. The van der Waals surface area contributed by atoms with Gasteiger partial charge in [-0.1, -0.05) is 0 Å². The van der Waals surface area contributed by atoms with Gasteiger partial charge in [-0.25, -0.2) is 14.5 Å². The Balaban J connectivity index is 1.86. The van der Waals surface area contributed by atoms with Crippen LogP contribution in [0.25, 0.3) is 5.69 Å². The summed E-state index contributed by atoms with van der Waals surface area (Å²) < 4.78 is 40.6. The van der Waals surface area contributed by atoms with Crippen LogP contribution in [0.1, 0.15) is 15.4 Å². The van der Waals surface area contributed by atoms with Gasteiger partial charge in [-0.05, 0) is 31.2 Å². The predicted molar refractivity (Wildman–Crippen MR) is 95.9 cm³/mol. The van der Waals surface area contributed by atoms with Crippen molar-refractivity contribution >= 4 is 23.1 Å². The van der Waals surface area contributed by atoms with Crippen molar-refractivity contribution in [2.45, 2.75) is 19.6 Å². The molecule has 6 nitrogen and oxygen atoms in total. The van der Waals surface area contributed by atoms with E-state index in [9.17, 15) is 18.0 Å². The quantitative estimate of drug-likeness (QED) is 0.716. The van der Waals surface area contributed by atoms with Gasteiger partial charge in [0.25, 0.3) is 0 Å². The Hall–Kier alpha value is -2.88. The standard InChI is InChI=1S/C17H16F3N5OS/c1-11-21-9-13(27-11)10-24(2)16(26)23-14-8-12(17(18,19)20)4-5-15(14)25-7-3-6-22-25/h3-9H,10H2,1-2H3,(H,23,26). The van der Waals surface area contributed by atoms with Crippen molar-refractivity contribution in [3.05, 3.63) is 58.3 Å². The van der Waals surface area contributed by atoms with Gasteiger partial charge in [0.15, 0.2) is 0 Å². The number of halogens is 3. The zero-order chi connectivity index (χ0) is 19.6. The average molecular weight is 395 g/mol. The van der Waals surface area contributed by atoms with Crippen molar-refractivity contribution < 1.29 is 18.0 Å². The molecule has 10 heteroatoms. The largest absolute Gasteiger partial charge is 0.416 e. The lowest BCUT2D eigenvalue weighted by Crippen LogP contribution is -2.31. The van der Waals surface area contributed by atoms with E-state index >= 15 is 0 Å². The number of carbonyl (C=O) groups excluding carboxylic acids is 1. The van der Waals surface area contributed by atoms with Crippen LogP contribution in [0.2, 0.25) is 0 Å². The maximum atomic E-state index is 13.1. The van der Waals surface area contributed by atoms with Gasteiger partial charge < -0.3 is 10.2 Å². The van der Waals surface area contributed by atoms with E-state index in [2.05, 4.69) is 15.4 Å². The molecular formula is C17H16F3N5OS. The lowest BCUT2D eigenvalue weighted by Gasteiger charge is -2.19. The molecule has 0 radical (unpaired) electrons. The molecule has 0 fully saturated rings. The molecule has 0 atom stereocenters. The molecule has 3 rings (SSSR count). The van der Waals surface area contributed by atoms with Crippen molar-refractivity contribution in [2.24, 2.45) is 0 Å². The zero-order valence-electron chi connectivity index (χ0n) is 14.5. The zero-order valence-corrected chi connectivity index (χ0v) is 15.3. The summed E-state index contributed by atoms with van der Waals surface area (Å²) in [7, 11) is 1.56. The first-order valence-corrected chi connectivity index (χ1v) is 8.70. The number of urea groups is 1. The highest BCUT2D eigenvalue weighted by atomic mass is 32.1. The number of hydrogen-bond donors (Lipinski definition) is 1. The number of carbonyl (C=O) groups is 1. The maximum absolute atomic E-state index is 13.1. The highest BCUT2D eigenvalue weighted by Crippen LogP contribution is 2.33. The van der Waals surface area contributed by atoms with E-state index in [1.807, 2.05) is 6.92 Å². The molecule has 2 amide bonds. The number of alkyl halides is 3. The number of aromatic nitrogens is 3. The molecular weight excluding hydrogens is 379 g/mol. The Labute approximate surface area is 157 Å². The van der Waals surface area contributed by atoms with E-state index in [1.54, 1.807) is 25.5 Å². The first kappa shape index (κ1) is 18.9. The predicted octanol–water partition coefficient (Wildman–Crippen LogP) is 4.32. The minimum absolute atomic E-state index is 0.0193. The van der Waals surface area contributed by atoms with Crippen LogP contribution in [0.4, 0.5) is 23.7 Å². The van der Waals surface area contributed by atoms with Crippen molar-refractivity contribution in [1.82, 2.24) is 19.7 Å². The molecule has 0 aliphatic heterocycles. The van der Waals surface area contributed by atoms with Crippen molar-refractivity contribution in [3.8, 4) is 5.69 Å². The third-order valence-electron chi connectivity index (χ3n) is 3.73. The smallest absolute Gasteiger partial charge is 0.322 e. The van der Waals surface area contributed by atoms with Gasteiger partial charge in [0.05, 0.1) is 28.5 Å². The third-order valence-corrected chi connectivity index (χ3v) is 4.62. The normalized spacial score (nSPS) is 11.4. The van der Waals surface area contributed by atoms with Crippen molar-refractivity contribution in [1.29, 1.82) is 0 Å². The number of nitrogens with one attached hydrogen (secondary N) is 1. The van der Waals surface area contributed by atoms with Gasteiger partial charge in [0.2, 0.25) is 0 Å². The first-order chi connectivity index (χ1) is 12.7. The molecule has 0 saturated heterocycles. The van der Waals surface area contributed by atoms with Crippen LogP contribution in [-0.4, -0.2) is 32.7 Å². The Morgan fingerprint density at radius 2 is 2.15 bits per heavy atom. The van der Waals surface area contributed by atoms with E-state index < -0.39 is 17.8 Å². The molecule has 142 valence electrons. The van der Waals surface area contributed by atoms with Crippen LogP contribution in [-0.2, 0) is 12.7 Å². The van der Waals surface area contributed by atoms with Crippen LogP contribution in [0.3, 0.4) is 0 Å². The second-order valence-corrected chi connectivity index (χ2v) is 7.13. The molecule has 0 bridgehead atoms. The Kier molecular flexibility index (Phi) is 5.17. The van der Waals surface area contributed by atoms with E-state index in [-0.39, 0.29) is 5.69 Å². The first-order valence-electron chi connectivity index (χ1n) is 7.89. The number of aryl methyl sites for hydroxylation is 1. The minimum atomic E-state index is -4.52. The number of hydrogen-bond acceptors (Lipinski definition) is 4. The Morgan fingerprint density at radius 1 is 1.37 bits per heavy atom.